The molecule has 2 rings (SSSR count). The Morgan fingerprint density at radius 1 is 1.10 bits per heavy atom. The lowest BCUT2D eigenvalue weighted by atomic mass is 10.1. The quantitative estimate of drug-likeness (QED) is 0.796. The number of hydrogen-bond donors (Lipinski definition) is 2. The lowest BCUT2D eigenvalue weighted by molar-refractivity contribution is -0.136. The van der Waals surface area contributed by atoms with Crippen LogP contribution in [-0.4, -0.2) is 16.2 Å². The normalized spacial score (nSPS) is 11.0. The molecule has 0 unspecified atom stereocenters. The Balaban J connectivity index is 2.26. The van der Waals surface area contributed by atoms with Gasteiger partial charge in [-0.25, -0.2) is 0 Å². The molecule has 21 heavy (non-hydrogen) atoms. The third-order valence-corrected chi connectivity index (χ3v) is 3.13. The number of carboxylic acids is 1. The predicted octanol–water partition coefficient (Wildman–Crippen LogP) is 4.74. The maximum absolute atomic E-state index is 10.7. The van der Waals surface area contributed by atoms with Gasteiger partial charge < -0.3 is 10.2 Å². The standard InChI is InChI=1S/C14H10Cl2N2O3/c15-9-1-3-12(11(16)7-9)18-17-10-2-4-13(19)8(5-10)6-14(20)21/h1-5,7,19H,6H2,(H,20,21). The van der Waals surface area contributed by atoms with Crippen molar-refractivity contribution in [3.63, 3.8) is 0 Å². The number of carboxylic acid groups (broad SMARTS) is 1. The van der Waals surface area contributed by atoms with E-state index < -0.39 is 5.97 Å². The molecule has 0 heterocycles. The van der Waals surface area contributed by atoms with Crippen LogP contribution < -0.4 is 0 Å². The van der Waals surface area contributed by atoms with Crippen LogP contribution in [0.15, 0.2) is 46.6 Å². The molecule has 0 radical (unpaired) electrons. The van der Waals surface area contributed by atoms with Gasteiger partial charge in [0.25, 0.3) is 0 Å². The molecule has 0 aliphatic heterocycles. The number of hydrogen-bond acceptors (Lipinski definition) is 4. The van der Waals surface area contributed by atoms with Crippen LogP contribution >= 0.6 is 23.2 Å². The summed E-state index contributed by atoms with van der Waals surface area (Å²) in [5.74, 6) is -1.14. The maximum Gasteiger partial charge on any atom is 0.307 e. The van der Waals surface area contributed by atoms with Crippen LogP contribution in [0.3, 0.4) is 0 Å². The van der Waals surface area contributed by atoms with Gasteiger partial charge in [-0.3, -0.25) is 4.79 Å². The van der Waals surface area contributed by atoms with Crippen molar-refractivity contribution < 1.29 is 15.0 Å². The lowest BCUT2D eigenvalue weighted by Crippen LogP contribution is -1.99. The van der Waals surface area contributed by atoms with Crippen molar-refractivity contribution in [1.29, 1.82) is 0 Å². The molecule has 0 aliphatic rings. The van der Waals surface area contributed by atoms with Crippen molar-refractivity contribution >= 4 is 40.5 Å². The van der Waals surface area contributed by atoms with Crippen molar-refractivity contribution in [1.82, 2.24) is 0 Å². The fourth-order valence-corrected chi connectivity index (χ4v) is 2.06. The topological polar surface area (TPSA) is 82.2 Å². The molecular weight excluding hydrogens is 315 g/mol. The van der Waals surface area contributed by atoms with Gasteiger partial charge in [0.05, 0.1) is 17.1 Å². The van der Waals surface area contributed by atoms with Crippen LogP contribution in [0.4, 0.5) is 11.4 Å². The van der Waals surface area contributed by atoms with Crippen LogP contribution in [-0.2, 0) is 11.2 Å². The fraction of sp³-hybridized carbons (Fsp3) is 0.0714. The SMILES string of the molecule is O=C(O)Cc1cc(N=Nc2ccc(Cl)cc2Cl)ccc1O. The molecule has 0 atom stereocenters. The molecule has 0 amide bonds. The Morgan fingerprint density at radius 3 is 2.52 bits per heavy atom. The fourth-order valence-electron chi connectivity index (χ4n) is 1.61. The van der Waals surface area contributed by atoms with Gasteiger partial charge in [0, 0.05) is 10.6 Å². The Kier molecular flexibility index (Phi) is 4.77. The number of halogens is 2. The van der Waals surface area contributed by atoms with Crippen LogP contribution in [0.25, 0.3) is 0 Å². The van der Waals surface area contributed by atoms with E-state index in [1.165, 1.54) is 18.2 Å². The second kappa shape index (κ2) is 6.56. The van der Waals surface area contributed by atoms with Gasteiger partial charge in [0.1, 0.15) is 11.4 Å². The van der Waals surface area contributed by atoms with E-state index >= 15 is 0 Å². The molecule has 7 heteroatoms. The highest BCUT2D eigenvalue weighted by atomic mass is 35.5. The summed E-state index contributed by atoms with van der Waals surface area (Å²) < 4.78 is 0. The van der Waals surface area contributed by atoms with E-state index in [0.717, 1.165) is 0 Å². The first-order valence-corrected chi connectivity index (χ1v) is 6.62. The Labute approximate surface area is 130 Å². The third kappa shape index (κ3) is 4.18. The lowest BCUT2D eigenvalue weighted by Gasteiger charge is -2.02. The van der Waals surface area contributed by atoms with E-state index in [2.05, 4.69) is 10.2 Å². The zero-order valence-electron chi connectivity index (χ0n) is 10.6. The van der Waals surface area contributed by atoms with Crippen LogP contribution in [0.5, 0.6) is 5.75 Å². The zero-order valence-corrected chi connectivity index (χ0v) is 12.1. The molecule has 2 aromatic rings. The number of azo groups is 1. The summed E-state index contributed by atoms with van der Waals surface area (Å²) in [5, 5.41) is 27.1. The maximum atomic E-state index is 10.7. The number of rotatable bonds is 4. The van der Waals surface area contributed by atoms with E-state index in [1.54, 1.807) is 18.2 Å². The highest BCUT2D eigenvalue weighted by Gasteiger charge is 2.07. The second-order valence-electron chi connectivity index (χ2n) is 4.18. The Hall–Kier alpha value is -2.11. The average Bonchev–Trinajstić information content (AvgIpc) is 2.40. The summed E-state index contributed by atoms with van der Waals surface area (Å²) in [6, 6.07) is 9.15. The summed E-state index contributed by atoms with van der Waals surface area (Å²) in [6.07, 6.45) is -0.295. The summed E-state index contributed by atoms with van der Waals surface area (Å²) in [5.41, 5.74) is 1.12. The third-order valence-electron chi connectivity index (χ3n) is 2.59. The number of phenols is 1. The van der Waals surface area contributed by atoms with Gasteiger partial charge in [0.15, 0.2) is 0 Å². The molecule has 0 spiro atoms. The van der Waals surface area contributed by atoms with Crippen molar-refractivity contribution in [3.05, 3.63) is 52.0 Å². The molecule has 5 nitrogen and oxygen atoms in total. The Morgan fingerprint density at radius 2 is 1.86 bits per heavy atom. The van der Waals surface area contributed by atoms with E-state index in [4.69, 9.17) is 28.3 Å². The summed E-state index contributed by atoms with van der Waals surface area (Å²) in [4.78, 5) is 10.7. The van der Waals surface area contributed by atoms with Gasteiger partial charge in [-0.15, -0.1) is 5.11 Å². The summed E-state index contributed by atoms with van der Waals surface area (Å²) >= 11 is 11.7. The van der Waals surface area contributed by atoms with Crippen molar-refractivity contribution in [2.75, 3.05) is 0 Å². The molecule has 2 aromatic carbocycles. The first kappa shape index (κ1) is 15.3. The van der Waals surface area contributed by atoms with Crippen molar-refractivity contribution in [2.45, 2.75) is 6.42 Å². The zero-order chi connectivity index (χ0) is 15.4. The van der Waals surface area contributed by atoms with E-state index in [-0.39, 0.29) is 17.7 Å². The molecule has 0 aromatic heterocycles. The summed E-state index contributed by atoms with van der Waals surface area (Å²) in [7, 11) is 0. The number of benzene rings is 2. The van der Waals surface area contributed by atoms with E-state index in [9.17, 15) is 9.90 Å². The minimum absolute atomic E-state index is 0.0964. The molecule has 0 fully saturated rings. The number of carbonyl (C=O) groups is 1. The average molecular weight is 325 g/mol. The first-order valence-electron chi connectivity index (χ1n) is 5.86. The van der Waals surface area contributed by atoms with Gasteiger partial charge in [-0.1, -0.05) is 23.2 Å². The molecule has 108 valence electrons. The van der Waals surface area contributed by atoms with Crippen molar-refractivity contribution in [3.8, 4) is 5.75 Å². The van der Waals surface area contributed by atoms with Crippen LogP contribution in [0, 0.1) is 0 Å². The molecule has 0 saturated heterocycles. The van der Waals surface area contributed by atoms with Crippen molar-refractivity contribution in [2.24, 2.45) is 10.2 Å². The van der Waals surface area contributed by atoms with Gasteiger partial charge >= 0.3 is 5.97 Å². The Bertz CT molecular complexity index is 717. The largest absolute Gasteiger partial charge is 0.508 e. The molecule has 0 aliphatic carbocycles. The van der Waals surface area contributed by atoms with E-state index in [0.29, 0.717) is 21.4 Å². The van der Waals surface area contributed by atoms with Crippen LogP contribution in [0.2, 0.25) is 10.0 Å². The van der Waals surface area contributed by atoms with E-state index in [1.807, 2.05) is 0 Å². The first-order chi connectivity index (χ1) is 9.95. The number of nitrogens with zero attached hydrogens (tertiary/aromatic N) is 2. The highest BCUT2D eigenvalue weighted by molar-refractivity contribution is 6.36. The molecule has 0 bridgehead atoms. The second-order valence-corrected chi connectivity index (χ2v) is 5.02. The van der Waals surface area contributed by atoms with Crippen LogP contribution in [0.1, 0.15) is 5.56 Å². The van der Waals surface area contributed by atoms with Gasteiger partial charge in [-0.05, 0) is 36.4 Å². The predicted molar refractivity (Wildman–Crippen MR) is 80.1 cm³/mol. The smallest absolute Gasteiger partial charge is 0.307 e. The highest BCUT2D eigenvalue weighted by Crippen LogP contribution is 2.30. The minimum Gasteiger partial charge on any atom is -0.508 e. The number of aromatic hydroxyl groups is 1. The minimum atomic E-state index is -1.04. The van der Waals surface area contributed by atoms with Gasteiger partial charge in [0.2, 0.25) is 0 Å². The van der Waals surface area contributed by atoms with Gasteiger partial charge in [-0.2, -0.15) is 5.11 Å². The molecule has 0 saturated carbocycles. The monoisotopic (exact) mass is 324 g/mol. The number of aliphatic carboxylic acids is 1. The number of phenolic OH excluding ortho intramolecular Hbond substituents is 1. The molecule has 2 N–H and O–H groups in total. The molecular formula is C14H10Cl2N2O3. The summed E-state index contributed by atoms with van der Waals surface area (Å²) in [6.45, 7) is 0.